The quantitative estimate of drug-likeness (QED) is 0.808. The summed E-state index contributed by atoms with van der Waals surface area (Å²) in [4.78, 5) is 42.6. The minimum Gasteiger partial charge on any atom is -0.361 e. The second-order valence-electron chi connectivity index (χ2n) is 6.59. The standard InChI is InChI=1S/C18H22N4O3/c1-11(2)21(3)16(23)10-22-17(24)15(20-18(22)25)8-12-9-19-14-7-5-4-6-13(12)14/h4-7,9,11,15,19H,8,10H2,1-3H3,(H,20,25). The lowest BCUT2D eigenvalue weighted by Gasteiger charge is -2.23. The van der Waals surface area contributed by atoms with Crippen LogP contribution in [0.4, 0.5) is 4.79 Å². The number of nitrogens with one attached hydrogen (secondary N) is 2. The first kappa shape index (κ1) is 17.0. The van der Waals surface area contributed by atoms with Crippen molar-refractivity contribution in [3.8, 4) is 0 Å². The molecule has 1 aliphatic heterocycles. The van der Waals surface area contributed by atoms with Gasteiger partial charge in [-0.2, -0.15) is 0 Å². The molecule has 3 rings (SSSR count). The molecule has 0 saturated carbocycles. The number of nitrogens with zero attached hydrogens (tertiary/aromatic N) is 2. The molecule has 0 radical (unpaired) electrons. The number of carbonyl (C=O) groups excluding carboxylic acids is 3. The first-order valence-electron chi connectivity index (χ1n) is 8.31. The number of H-pyrrole nitrogens is 1. The minimum atomic E-state index is -0.649. The van der Waals surface area contributed by atoms with Gasteiger partial charge in [-0.3, -0.25) is 14.5 Å². The Kier molecular flexibility index (Phi) is 4.48. The molecule has 1 unspecified atom stereocenters. The second kappa shape index (κ2) is 6.58. The number of aromatic amines is 1. The van der Waals surface area contributed by atoms with E-state index < -0.39 is 12.1 Å². The fraction of sp³-hybridized carbons (Fsp3) is 0.389. The molecule has 0 bridgehead atoms. The highest BCUT2D eigenvalue weighted by Crippen LogP contribution is 2.21. The van der Waals surface area contributed by atoms with Gasteiger partial charge in [0.05, 0.1) is 0 Å². The van der Waals surface area contributed by atoms with Gasteiger partial charge >= 0.3 is 6.03 Å². The lowest BCUT2D eigenvalue weighted by molar-refractivity contribution is -0.137. The van der Waals surface area contributed by atoms with Crippen molar-refractivity contribution < 1.29 is 14.4 Å². The fourth-order valence-electron chi connectivity index (χ4n) is 2.92. The lowest BCUT2D eigenvalue weighted by Crippen LogP contribution is -2.44. The van der Waals surface area contributed by atoms with E-state index >= 15 is 0 Å². The Labute approximate surface area is 146 Å². The van der Waals surface area contributed by atoms with Gasteiger partial charge in [-0.15, -0.1) is 0 Å². The highest BCUT2D eigenvalue weighted by Gasteiger charge is 2.39. The van der Waals surface area contributed by atoms with Crippen molar-refractivity contribution in [1.82, 2.24) is 20.1 Å². The fourth-order valence-corrected chi connectivity index (χ4v) is 2.92. The lowest BCUT2D eigenvalue weighted by atomic mass is 10.1. The summed E-state index contributed by atoms with van der Waals surface area (Å²) in [6.45, 7) is 3.52. The molecule has 1 aliphatic rings. The topological polar surface area (TPSA) is 85.5 Å². The monoisotopic (exact) mass is 342 g/mol. The van der Waals surface area contributed by atoms with Gasteiger partial charge in [0.2, 0.25) is 5.91 Å². The zero-order chi connectivity index (χ0) is 18.1. The molecule has 7 heteroatoms. The van der Waals surface area contributed by atoms with E-state index in [-0.39, 0.29) is 24.4 Å². The predicted octanol–water partition coefficient (Wildman–Crippen LogP) is 1.50. The molecule has 25 heavy (non-hydrogen) atoms. The number of rotatable bonds is 5. The van der Waals surface area contributed by atoms with E-state index in [1.165, 1.54) is 4.90 Å². The molecule has 2 N–H and O–H groups in total. The maximum absolute atomic E-state index is 12.6. The predicted molar refractivity (Wildman–Crippen MR) is 93.9 cm³/mol. The van der Waals surface area contributed by atoms with Crippen LogP contribution in [0, 0.1) is 0 Å². The molecular weight excluding hydrogens is 320 g/mol. The Hall–Kier alpha value is -2.83. The van der Waals surface area contributed by atoms with E-state index in [1.807, 2.05) is 44.3 Å². The number of likely N-dealkylation sites (N-methyl/N-ethyl adjacent to an activating group) is 1. The number of amides is 4. The molecule has 1 fully saturated rings. The zero-order valence-electron chi connectivity index (χ0n) is 14.6. The largest absolute Gasteiger partial charge is 0.361 e. The van der Waals surface area contributed by atoms with Crippen LogP contribution in [0.1, 0.15) is 19.4 Å². The number of aromatic nitrogens is 1. The summed E-state index contributed by atoms with van der Waals surface area (Å²) in [7, 11) is 1.66. The molecular formula is C18H22N4O3. The Balaban J connectivity index is 1.72. The average Bonchev–Trinajstić information content (AvgIpc) is 3.11. The van der Waals surface area contributed by atoms with E-state index in [9.17, 15) is 14.4 Å². The van der Waals surface area contributed by atoms with Gasteiger partial charge in [0.15, 0.2) is 0 Å². The zero-order valence-corrected chi connectivity index (χ0v) is 14.6. The van der Waals surface area contributed by atoms with Crippen LogP contribution in [0.15, 0.2) is 30.5 Å². The third-order valence-electron chi connectivity index (χ3n) is 4.67. The van der Waals surface area contributed by atoms with Gasteiger partial charge in [0, 0.05) is 36.6 Å². The Bertz CT molecular complexity index is 827. The van der Waals surface area contributed by atoms with E-state index in [1.54, 1.807) is 7.05 Å². The normalized spacial score (nSPS) is 17.4. The number of hydrogen-bond donors (Lipinski definition) is 2. The Morgan fingerprint density at radius 1 is 1.28 bits per heavy atom. The van der Waals surface area contributed by atoms with Crippen LogP contribution in [0.5, 0.6) is 0 Å². The Morgan fingerprint density at radius 3 is 2.72 bits per heavy atom. The van der Waals surface area contributed by atoms with Crippen molar-refractivity contribution in [3.63, 3.8) is 0 Å². The van der Waals surface area contributed by atoms with Crippen LogP contribution in [-0.4, -0.2) is 58.3 Å². The molecule has 1 atom stereocenters. The van der Waals surface area contributed by atoms with E-state index in [0.717, 1.165) is 21.4 Å². The van der Waals surface area contributed by atoms with Crippen LogP contribution >= 0.6 is 0 Å². The van der Waals surface area contributed by atoms with Gasteiger partial charge < -0.3 is 15.2 Å². The van der Waals surface area contributed by atoms with Crippen molar-refractivity contribution in [3.05, 3.63) is 36.0 Å². The third-order valence-corrected chi connectivity index (χ3v) is 4.67. The van der Waals surface area contributed by atoms with Gasteiger partial charge in [-0.25, -0.2) is 4.79 Å². The summed E-state index contributed by atoms with van der Waals surface area (Å²) in [6, 6.07) is 6.65. The van der Waals surface area contributed by atoms with Gasteiger partial charge in [-0.1, -0.05) is 18.2 Å². The summed E-state index contributed by atoms with van der Waals surface area (Å²) in [5.41, 5.74) is 1.95. The molecule has 0 aliphatic carbocycles. The highest BCUT2D eigenvalue weighted by atomic mass is 16.2. The molecule has 4 amide bonds. The number of urea groups is 1. The molecule has 132 valence electrons. The van der Waals surface area contributed by atoms with Crippen LogP contribution in [0.25, 0.3) is 10.9 Å². The molecule has 1 saturated heterocycles. The minimum absolute atomic E-state index is 0.00952. The van der Waals surface area contributed by atoms with Crippen LogP contribution in [0.2, 0.25) is 0 Å². The molecule has 0 spiro atoms. The van der Waals surface area contributed by atoms with E-state index in [0.29, 0.717) is 6.42 Å². The van der Waals surface area contributed by atoms with Crippen LogP contribution in [-0.2, 0) is 16.0 Å². The van der Waals surface area contributed by atoms with Crippen molar-refractivity contribution in [2.75, 3.05) is 13.6 Å². The number of imide groups is 1. The number of benzene rings is 1. The molecule has 7 nitrogen and oxygen atoms in total. The number of para-hydroxylation sites is 1. The SMILES string of the molecule is CC(C)N(C)C(=O)CN1C(=O)NC(Cc2c[nH]c3ccccc23)C1=O. The molecule has 2 heterocycles. The molecule has 2 aromatic rings. The summed E-state index contributed by atoms with van der Waals surface area (Å²) in [5, 5.41) is 3.71. The summed E-state index contributed by atoms with van der Waals surface area (Å²) < 4.78 is 0. The maximum Gasteiger partial charge on any atom is 0.325 e. The molecule has 1 aromatic carbocycles. The average molecular weight is 342 g/mol. The second-order valence-corrected chi connectivity index (χ2v) is 6.59. The van der Waals surface area contributed by atoms with Crippen molar-refractivity contribution >= 4 is 28.7 Å². The maximum atomic E-state index is 12.6. The summed E-state index contributed by atoms with van der Waals surface area (Å²) >= 11 is 0. The van der Waals surface area contributed by atoms with Crippen molar-refractivity contribution in [2.45, 2.75) is 32.4 Å². The Morgan fingerprint density at radius 2 is 2.00 bits per heavy atom. The van der Waals surface area contributed by atoms with Crippen LogP contribution in [0.3, 0.4) is 0 Å². The first-order chi connectivity index (χ1) is 11.9. The first-order valence-corrected chi connectivity index (χ1v) is 8.31. The van der Waals surface area contributed by atoms with Crippen molar-refractivity contribution in [1.29, 1.82) is 0 Å². The van der Waals surface area contributed by atoms with Crippen LogP contribution < -0.4 is 5.32 Å². The van der Waals surface area contributed by atoms with E-state index in [4.69, 9.17) is 0 Å². The van der Waals surface area contributed by atoms with E-state index in [2.05, 4.69) is 10.3 Å². The number of carbonyl (C=O) groups is 3. The third kappa shape index (κ3) is 3.22. The van der Waals surface area contributed by atoms with Crippen molar-refractivity contribution in [2.24, 2.45) is 0 Å². The highest BCUT2D eigenvalue weighted by molar-refractivity contribution is 6.06. The number of hydrogen-bond acceptors (Lipinski definition) is 3. The smallest absolute Gasteiger partial charge is 0.325 e. The van der Waals surface area contributed by atoms with Gasteiger partial charge in [0.1, 0.15) is 12.6 Å². The number of fused-ring (bicyclic) bond motifs is 1. The van der Waals surface area contributed by atoms with Gasteiger partial charge in [0.25, 0.3) is 5.91 Å². The van der Waals surface area contributed by atoms with Gasteiger partial charge in [-0.05, 0) is 25.5 Å². The summed E-state index contributed by atoms with van der Waals surface area (Å²) in [5.74, 6) is -0.618. The molecule has 1 aromatic heterocycles. The summed E-state index contributed by atoms with van der Waals surface area (Å²) in [6.07, 6.45) is 2.24.